The normalized spacial score (nSPS) is 20.3. The molecule has 0 amide bonds. The van der Waals surface area contributed by atoms with E-state index < -0.39 is 8.80 Å². The van der Waals surface area contributed by atoms with Gasteiger partial charge in [0.1, 0.15) is 0 Å². The highest BCUT2D eigenvalue weighted by atomic mass is 28.4. The molecule has 0 bridgehead atoms. The SMILES string of the molecule is CCCCCCCCN1CCCC1C[Si](OC)(OC)OC. The summed E-state index contributed by atoms with van der Waals surface area (Å²) in [6.45, 7) is 4.71. The van der Waals surface area contributed by atoms with Gasteiger partial charge in [-0.2, -0.15) is 0 Å². The molecule has 0 aromatic heterocycles. The molecule has 1 aliphatic heterocycles. The molecule has 0 aromatic rings. The monoisotopic (exact) mass is 317 g/mol. The molecule has 1 saturated heterocycles. The molecule has 1 fully saturated rings. The lowest BCUT2D eigenvalue weighted by Crippen LogP contribution is -2.48. The Morgan fingerprint density at radius 2 is 1.57 bits per heavy atom. The van der Waals surface area contributed by atoms with Crippen molar-refractivity contribution in [3.8, 4) is 0 Å². The first kappa shape index (κ1) is 19.1. The van der Waals surface area contributed by atoms with Crippen LogP contribution in [0.2, 0.25) is 6.04 Å². The Kier molecular flexibility index (Phi) is 9.76. The molecule has 1 unspecified atom stereocenters. The smallest absolute Gasteiger partial charge is 0.377 e. The Morgan fingerprint density at radius 3 is 2.19 bits per heavy atom. The minimum Gasteiger partial charge on any atom is -0.377 e. The zero-order valence-electron chi connectivity index (χ0n) is 14.5. The molecule has 0 N–H and O–H groups in total. The first-order valence-electron chi connectivity index (χ1n) is 8.60. The predicted molar refractivity (Wildman–Crippen MR) is 89.6 cm³/mol. The summed E-state index contributed by atoms with van der Waals surface area (Å²) in [5, 5.41) is 0. The van der Waals surface area contributed by atoms with Gasteiger partial charge in [-0.15, -0.1) is 0 Å². The average Bonchev–Trinajstić information content (AvgIpc) is 2.95. The van der Waals surface area contributed by atoms with Gasteiger partial charge in [-0.3, -0.25) is 0 Å². The lowest BCUT2D eigenvalue weighted by Gasteiger charge is -2.31. The molecule has 1 rings (SSSR count). The third-order valence-corrected chi connectivity index (χ3v) is 7.55. The highest BCUT2D eigenvalue weighted by molar-refractivity contribution is 6.60. The fourth-order valence-electron chi connectivity index (χ4n) is 3.30. The Labute approximate surface area is 132 Å². The van der Waals surface area contributed by atoms with Crippen molar-refractivity contribution in [2.45, 2.75) is 70.4 Å². The van der Waals surface area contributed by atoms with Gasteiger partial charge in [-0.25, -0.2) is 0 Å². The number of likely N-dealkylation sites (tertiary alicyclic amines) is 1. The van der Waals surface area contributed by atoms with E-state index >= 15 is 0 Å². The van der Waals surface area contributed by atoms with Crippen LogP contribution in [0.1, 0.15) is 58.3 Å². The van der Waals surface area contributed by atoms with Gasteiger partial charge >= 0.3 is 8.80 Å². The molecule has 0 saturated carbocycles. The van der Waals surface area contributed by atoms with Crippen molar-refractivity contribution in [1.82, 2.24) is 4.90 Å². The number of unbranched alkanes of at least 4 members (excludes halogenated alkanes) is 5. The van der Waals surface area contributed by atoms with E-state index in [-0.39, 0.29) is 0 Å². The molecule has 21 heavy (non-hydrogen) atoms. The van der Waals surface area contributed by atoms with E-state index in [1.165, 1.54) is 64.5 Å². The molecule has 126 valence electrons. The topological polar surface area (TPSA) is 30.9 Å². The van der Waals surface area contributed by atoms with Crippen LogP contribution >= 0.6 is 0 Å². The fourth-order valence-corrected chi connectivity index (χ4v) is 5.34. The number of hydrogen-bond donors (Lipinski definition) is 0. The highest BCUT2D eigenvalue weighted by Gasteiger charge is 2.43. The summed E-state index contributed by atoms with van der Waals surface area (Å²) in [6.07, 6.45) is 10.7. The van der Waals surface area contributed by atoms with Crippen LogP contribution in [0.4, 0.5) is 0 Å². The standard InChI is InChI=1S/C16H35NO3Si/c1-5-6-7-8-9-10-13-17-14-11-12-16(17)15-21(18-2,19-3)20-4/h16H,5-15H2,1-4H3. The van der Waals surface area contributed by atoms with E-state index in [9.17, 15) is 0 Å². The second-order valence-corrected chi connectivity index (χ2v) is 9.10. The van der Waals surface area contributed by atoms with Gasteiger partial charge in [-0.05, 0) is 32.4 Å². The maximum atomic E-state index is 5.58. The van der Waals surface area contributed by atoms with Crippen molar-refractivity contribution in [1.29, 1.82) is 0 Å². The molecule has 1 heterocycles. The molecule has 5 heteroatoms. The maximum Gasteiger partial charge on any atom is 0.501 e. The summed E-state index contributed by atoms with van der Waals surface area (Å²) < 4.78 is 16.8. The summed E-state index contributed by atoms with van der Waals surface area (Å²) in [5.74, 6) is 0. The Bertz CT molecular complexity index is 254. The van der Waals surface area contributed by atoms with E-state index in [4.69, 9.17) is 13.3 Å². The van der Waals surface area contributed by atoms with Crippen LogP contribution in [-0.4, -0.2) is 54.2 Å². The largest absolute Gasteiger partial charge is 0.501 e. The van der Waals surface area contributed by atoms with Gasteiger partial charge < -0.3 is 18.2 Å². The molecule has 0 spiro atoms. The fraction of sp³-hybridized carbons (Fsp3) is 1.00. The minimum absolute atomic E-state index is 0.576. The first-order valence-corrected chi connectivity index (χ1v) is 10.5. The van der Waals surface area contributed by atoms with Gasteiger partial charge in [-0.1, -0.05) is 39.0 Å². The van der Waals surface area contributed by atoms with Crippen LogP contribution in [0.25, 0.3) is 0 Å². The molecular formula is C16H35NO3Si. The van der Waals surface area contributed by atoms with Gasteiger partial charge in [0.15, 0.2) is 0 Å². The number of hydrogen-bond acceptors (Lipinski definition) is 4. The molecular weight excluding hydrogens is 282 g/mol. The summed E-state index contributed by atoms with van der Waals surface area (Å²) in [4.78, 5) is 2.62. The maximum absolute atomic E-state index is 5.58. The van der Waals surface area contributed by atoms with Crippen LogP contribution in [0.3, 0.4) is 0 Å². The summed E-state index contributed by atoms with van der Waals surface area (Å²) >= 11 is 0. The van der Waals surface area contributed by atoms with Crippen LogP contribution in [0, 0.1) is 0 Å². The lowest BCUT2D eigenvalue weighted by molar-refractivity contribution is 0.112. The van der Waals surface area contributed by atoms with E-state index in [0.29, 0.717) is 6.04 Å². The molecule has 0 aliphatic carbocycles. The summed E-state index contributed by atoms with van der Waals surface area (Å²) in [5.41, 5.74) is 0. The Morgan fingerprint density at radius 1 is 0.952 bits per heavy atom. The van der Waals surface area contributed by atoms with Crippen molar-refractivity contribution in [3.05, 3.63) is 0 Å². The van der Waals surface area contributed by atoms with E-state index in [1.54, 1.807) is 21.3 Å². The second kappa shape index (κ2) is 10.7. The molecule has 1 aliphatic rings. The van der Waals surface area contributed by atoms with Crippen LogP contribution in [0.5, 0.6) is 0 Å². The van der Waals surface area contributed by atoms with Crippen molar-refractivity contribution >= 4 is 8.80 Å². The van der Waals surface area contributed by atoms with Crippen LogP contribution in [0.15, 0.2) is 0 Å². The molecule has 0 radical (unpaired) electrons. The Balaban J connectivity index is 2.30. The highest BCUT2D eigenvalue weighted by Crippen LogP contribution is 2.27. The molecule has 4 nitrogen and oxygen atoms in total. The predicted octanol–water partition coefficient (Wildman–Crippen LogP) is 3.69. The Hall–Kier alpha value is 0.0569. The van der Waals surface area contributed by atoms with Crippen molar-refractivity contribution in [3.63, 3.8) is 0 Å². The first-order chi connectivity index (χ1) is 10.2. The third-order valence-electron chi connectivity index (χ3n) is 4.72. The van der Waals surface area contributed by atoms with E-state index in [1.807, 2.05) is 0 Å². The molecule has 0 aromatic carbocycles. The zero-order valence-corrected chi connectivity index (χ0v) is 15.5. The molecule has 1 atom stereocenters. The summed E-state index contributed by atoms with van der Waals surface area (Å²) in [7, 11) is 2.71. The van der Waals surface area contributed by atoms with Gasteiger partial charge in [0, 0.05) is 33.4 Å². The van der Waals surface area contributed by atoms with Gasteiger partial charge in [0.25, 0.3) is 0 Å². The lowest BCUT2D eigenvalue weighted by atomic mass is 10.1. The third kappa shape index (κ3) is 6.36. The van der Waals surface area contributed by atoms with Crippen LogP contribution < -0.4 is 0 Å². The number of rotatable bonds is 12. The summed E-state index contributed by atoms with van der Waals surface area (Å²) in [6, 6.07) is 1.50. The second-order valence-electron chi connectivity index (χ2n) is 6.10. The van der Waals surface area contributed by atoms with Crippen molar-refractivity contribution in [2.75, 3.05) is 34.4 Å². The van der Waals surface area contributed by atoms with E-state index in [2.05, 4.69) is 11.8 Å². The van der Waals surface area contributed by atoms with Crippen molar-refractivity contribution in [2.24, 2.45) is 0 Å². The zero-order chi connectivity index (χ0) is 15.6. The van der Waals surface area contributed by atoms with Gasteiger partial charge in [0.05, 0.1) is 0 Å². The quantitative estimate of drug-likeness (QED) is 0.406. The average molecular weight is 318 g/mol. The van der Waals surface area contributed by atoms with Crippen molar-refractivity contribution < 1.29 is 13.3 Å². The van der Waals surface area contributed by atoms with Gasteiger partial charge in [0.2, 0.25) is 0 Å². The van der Waals surface area contributed by atoms with E-state index in [0.717, 1.165) is 6.04 Å². The van der Waals surface area contributed by atoms with Crippen LogP contribution in [-0.2, 0) is 13.3 Å². The number of nitrogens with zero attached hydrogens (tertiary/aromatic N) is 1. The minimum atomic E-state index is -2.43.